The molecule has 84 valence electrons. The van der Waals surface area contributed by atoms with Gasteiger partial charge in [-0.05, 0) is 22.0 Å². The Morgan fingerprint density at radius 3 is 2.69 bits per heavy atom. The first-order valence-electron chi connectivity index (χ1n) is 4.28. The quantitative estimate of drug-likeness (QED) is 0.864. The highest BCUT2D eigenvalue weighted by Gasteiger charge is 2.19. The molecule has 0 saturated carbocycles. The maximum Gasteiger partial charge on any atom is 0.202 e. The third kappa shape index (κ3) is 1.41. The van der Waals surface area contributed by atoms with E-state index in [1.165, 1.54) is 13.2 Å². The Hall–Kier alpha value is -1.43. The molecule has 3 nitrogen and oxygen atoms in total. The Kier molecular flexibility index (Phi) is 2.67. The lowest BCUT2D eigenvalue weighted by Crippen LogP contribution is -1.93. The molecule has 0 radical (unpaired) electrons. The third-order valence-corrected chi connectivity index (χ3v) is 2.90. The summed E-state index contributed by atoms with van der Waals surface area (Å²) in [6, 6.07) is 1.28. The maximum absolute atomic E-state index is 13.6. The largest absolute Gasteiger partial charge is 0.494 e. The van der Waals surface area contributed by atoms with Crippen LogP contribution in [0.1, 0.15) is 10.4 Å². The molecule has 0 amide bonds. The van der Waals surface area contributed by atoms with Crippen LogP contribution in [0.2, 0.25) is 0 Å². The second-order valence-corrected chi connectivity index (χ2v) is 3.89. The van der Waals surface area contributed by atoms with Crippen molar-refractivity contribution in [1.29, 1.82) is 0 Å². The summed E-state index contributed by atoms with van der Waals surface area (Å²) < 4.78 is 31.9. The van der Waals surface area contributed by atoms with Crippen molar-refractivity contribution in [2.24, 2.45) is 0 Å². The lowest BCUT2D eigenvalue weighted by molar-refractivity contribution is 0.112. The molecule has 2 rings (SSSR count). The van der Waals surface area contributed by atoms with Gasteiger partial charge in [-0.1, -0.05) is 0 Å². The molecule has 0 bridgehead atoms. The average molecular weight is 290 g/mol. The number of hydrogen-bond donors (Lipinski definition) is 1. The Morgan fingerprint density at radius 2 is 2.12 bits per heavy atom. The number of nitrogens with one attached hydrogen (secondary N) is 1. The van der Waals surface area contributed by atoms with Crippen molar-refractivity contribution in [3.05, 3.63) is 27.9 Å². The summed E-state index contributed by atoms with van der Waals surface area (Å²) in [4.78, 5) is 13.3. The second-order valence-electron chi connectivity index (χ2n) is 3.10. The molecule has 0 unspecified atom stereocenters. The van der Waals surface area contributed by atoms with Crippen molar-refractivity contribution in [1.82, 2.24) is 4.98 Å². The SMILES string of the molecule is COc1cc2c(C=O)c(Br)[nH]c2c(F)c1F. The number of aromatic nitrogens is 1. The van der Waals surface area contributed by atoms with E-state index in [2.05, 4.69) is 25.7 Å². The van der Waals surface area contributed by atoms with Gasteiger partial charge >= 0.3 is 0 Å². The van der Waals surface area contributed by atoms with E-state index in [0.717, 1.165) is 0 Å². The van der Waals surface area contributed by atoms with E-state index in [4.69, 9.17) is 0 Å². The number of methoxy groups -OCH3 is 1. The zero-order valence-electron chi connectivity index (χ0n) is 8.11. The molecule has 0 aliphatic rings. The molecule has 1 aromatic heterocycles. The van der Waals surface area contributed by atoms with Crippen molar-refractivity contribution in [2.75, 3.05) is 7.11 Å². The normalized spacial score (nSPS) is 10.8. The van der Waals surface area contributed by atoms with Crippen LogP contribution < -0.4 is 4.74 Å². The van der Waals surface area contributed by atoms with Gasteiger partial charge in [-0.15, -0.1) is 0 Å². The standard InChI is InChI=1S/C10H6BrF2NO2/c1-16-6-2-4-5(3-15)10(11)14-9(4)8(13)7(6)12/h2-3,14H,1H3. The topological polar surface area (TPSA) is 42.1 Å². The van der Waals surface area contributed by atoms with Crippen LogP contribution >= 0.6 is 15.9 Å². The van der Waals surface area contributed by atoms with Crippen LogP contribution in [-0.2, 0) is 0 Å². The molecule has 1 N–H and O–H groups in total. The van der Waals surface area contributed by atoms with Crippen LogP contribution in [0.5, 0.6) is 5.75 Å². The molecular weight excluding hydrogens is 284 g/mol. The summed E-state index contributed by atoms with van der Waals surface area (Å²) in [5.41, 5.74) is 0.166. The van der Waals surface area contributed by atoms with Gasteiger partial charge in [-0.25, -0.2) is 4.39 Å². The van der Waals surface area contributed by atoms with E-state index in [1.54, 1.807) is 0 Å². The Labute approximate surface area is 97.5 Å². The van der Waals surface area contributed by atoms with Gasteiger partial charge in [0.25, 0.3) is 0 Å². The zero-order chi connectivity index (χ0) is 11.9. The first-order chi connectivity index (χ1) is 7.60. The Bertz CT molecular complexity index is 580. The molecule has 2 aromatic rings. The molecule has 0 atom stereocenters. The fraction of sp³-hybridized carbons (Fsp3) is 0.100. The summed E-state index contributed by atoms with van der Waals surface area (Å²) >= 11 is 3.06. The third-order valence-electron chi connectivity index (χ3n) is 2.27. The van der Waals surface area contributed by atoms with Crippen LogP contribution in [0.25, 0.3) is 10.9 Å². The van der Waals surface area contributed by atoms with Gasteiger partial charge in [0, 0.05) is 5.39 Å². The number of carbonyl (C=O) groups excluding carboxylic acids is 1. The molecule has 0 aliphatic carbocycles. The number of H-pyrrole nitrogens is 1. The highest BCUT2D eigenvalue weighted by Crippen LogP contribution is 2.32. The summed E-state index contributed by atoms with van der Waals surface area (Å²) in [5, 5.41) is 0.276. The van der Waals surface area contributed by atoms with Gasteiger partial charge < -0.3 is 9.72 Å². The van der Waals surface area contributed by atoms with Crippen LogP contribution in [0.15, 0.2) is 10.7 Å². The summed E-state index contributed by atoms with van der Waals surface area (Å²) in [6.07, 6.45) is 0.555. The smallest absolute Gasteiger partial charge is 0.202 e. The van der Waals surface area contributed by atoms with Crippen LogP contribution in [0, 0.1) is 11.6 Å². The van der Waals surface area contributed by atoms with E-state index in [-0.39, 0.29) is 22.2 Å². The number of aldehydes is 1. The summed E-state index contributed by atoms with van der Waals surface area (Å²) in [6.45, 7) is 0. The molecular formula is C10H6BrF2NO2. The van der Waals surface area contributed by atoms with Crippen LogP contribution in [0.4, 0.5) is 8.78 Å². The van der Waals surface area contributed by atoms with Gasteiger partial charge in [0.2, 0.25) is 5.82 Å². The number of halogens is 3. The molecule has 0 aliphatic heterocycles. The highest BCUT2D eigenvalue weighted by atomic mass is 79.9. The molecule has 1 aromatic carbocycles. The number of fused-ring (bicyclic) bond motifs is 1. The molecule has 16 heavy (non-hydrogen) atoms. The van der Waals surface area contributed by atoms with Crippen molar-refractivity contribution >= 4 is 33.1 Å². The summed E-state index contributed by atoms with van der Waals surface area (Å²) in [7, 11) is 1.23. The molecule has 0 spiro atoms. The number of hydrogen-bond acceptors (Lipinski definition) is 2. The zero-order valence-corrected chi connectivity index (χ0v) is 9.69. The first kappa shape index (κ1) is 11.1. The lowest BCUT2D eigenvalue weighted by Gasteiger charge is -2.03. The minimum absolute atomic E-state index is 0.0627. The minimum Gasteiger partial charge on any atom is -0.494 e. The Morgan fingerprint density at radius 1 is 1.44 bits per heavy atom. The van der Waals surface area contributed by atoms with Gasteiger partial charge in [0.15, 0.2) is 17.9 Å². The summed E-state index contributed by atoms with van der Waals surface area (Å²) in [5.74, 6) is -2.39. The van der Waals surface area contributed by atoms with E-state index in [0.29, 0.717) is 10.9 Å². The highest BCUT2D eigenvalue weighted by molar-refractivity contribution is 9.10. The molecule has 6 heteroatoms. The monoisotopic (exact) mass is 289 g/mol. The number of benzene rings is 1. The van der Waals surface area contributed by atoms with E-state index < -0.39 is 11.6 Å². The van der Waals surface area contributed by atoms with Crippen molar-refractivity contribution in [3.8, 4) is 5.75 Å². The molecule has 1 heterocycles. The lowest BCUT2D eigenvalue weighted by atomic mass is 10.1. The van der Waals surface area contributed by atoms with Crippen molar-refractivity contribution in [3.63, 3.8) is 0 Å². The maximum atomic E-state index is 13.6. The van der Waals surface area contributed by atoms with Gasteiger partial charge in [0.1, 0.15) is 0 Å². The second kappa shape index (κ2) is 3.86. The van der Waals surface area contributed by atoms with E-state index >= 15 is 0 Å². The van der Waals surface area contributed by atoms with Crippen molar-refractivity contribution < 1.29 is 18.3 Å². The van der Waals surface area contributed by atoms with Crippen LogP contribution in [0.3, 0.4) is 0 Å². The van der Waals surface area contributed by atoms with Crippen LogP contribution in [-0.4, -0.2) is 18.4 Å². The fourth-order valence-electron chi connectivity index (χ4n) is 1.50. The molecule has 0 fully saturated rings. The van der Waals surface area contributed by atoms with E-state index in [9.17, 15) is 13.6 Å². The molecule has 0 saturated heterocycles. The van der Waals surface area contributed by atoms with Gasteiger partial charge in [0.05, 0.1) is 22.8 Å². The number of aromatic amines is 1. The van der Waals surface area contributed by atoms with Gasteiger partial charge in [-0.2, -0.15) is 4.39 Å². The number of ether oxygens (including phenoxy) is 1. The average Bonchev–Trinajstić information content (AvgIpc) is 2.59. The number of carbonyl (C=O) groups is 1. The van der Waals surface area contributed by atoms with Crippen molar-refractivity contribution in [2.45, 2.75) is 0 Å². The number of rotatable bonds is 2. The first-order valence-corrected chi connectivity index (χ1v) is 5.07. The minimum atomic E-state index is -1.08. The van der Waals surface area contributed by atoms with Gasteiger partial charge in [-0.3, -0.25) is 4.79 Å². The fourth-order valence-corrected chi connectivity index (χ4v) is 2.00. The predicted molar refractivity (Wildman–Crippen MR) is 57.9 cm³/mol. The predicted octanol–water partition coefficient (Wildman–Crippen LogP) is 3.03. The van der Waals surface area contributed by atoms with E-state index in [1.807, 2.05) is 0 Å². The Balaban J connectivity index is 2.92.